The fourth-order valence-corrected chi connectivity index (χ4v) is 5.68. The zero-order valence-electron chi connectivity index (χ0n) is 21.2. The van der Waals surface area contributed by atoms with Gasteiger partial charge in [-0.3, -0.25) is 24.5 Å². The Morgan fingerprint density at radius 2 is 1.51 bits per heavy atom. The van der Waals surface area contributed by atoms with Gasteiger partial charge < -0.3 is 5.32 Å². The number of carbonyl (C=O) groups excluding carboxylic acids is 1. The van der Waals surface area contributed by atoms with Crippen molar-refractivity contribution in [1.29, 1.82) is 5.26 Å². The molecule has 2 aliphatic heterocycles. The number of ketones is 1. The van der Waals surface area contributed by atoms with E-state index in [-0.39, 0.29) is 18.4 Å². The van der Waals surface area contributed by atoms with Crippen LogP contribution in [0.1, 0.15) is 22.7 Å². The first-order valence-corrected chi connectivity index (χ1v) is 13.1. The predicted molar refractivity (Wildman–Crippen MR) is 144 cm³/mol. The Labute approximate surface area is 219 Å². The predicted octanol–water partition coefficient (Wildman–Crippen LogP) is 2.68. The molecule has 1 aromatic heterocycles. The molecule has 3 heterocycles. The van der Waals surface area contributed by atoms with Crippen LogP contribution in [0.15, 0.2) is 85.2 Å². The third-order valence-corrected chi connectivity index (χ3v) is 7.61. The highest BCUT2D eigenvalue weighted by Crippen LogP contribution is 2.32. The van der Waals surface area contributed by atoms with Crippen molar-refractivity contribution >= 4 is 5.78 Å². The van der Waals surface area contributed by atoms with Gasteiger partial charge in [-0.25, -0.2) is 0 Å². The van der Waals surface area contributed by atoms with E-state index < -0.39 is 5.54 Å². The molecule has 1 atom stereocenters. The number of rotatable bonds is 8. The van der Waals surface area contributed by atoms with Crippen LogP contribution < -0.4 is 5.32 Å². The van der Waals surface area contributed by atoms with Crippen LogP contribution in [0.3, 0.4) is 0 Å². The average Bonchev–Trinajstić information content (AvgIpc) is 2.97. The van der Waals surface area contributed by atoms with Crippen LogP contribution in [-0.4, -0.2) is 84.4 Å². The highest BCUT2D eigenvalue weighted by Gasteiger charge is 2.47. The molecule has 3 aromatic rings. The quantitative estimate of drug-likeness (QED) is 0.516. The minimum atomic E-state index is -1.32. The number of hydrogen-bond acceptors (Lipinski definition) is 7. The Hall–Kier alpha value is -3.41. The molecule has 0 saturated carbocycles. The van der Waals surface area contributed by atoms with Gasteiger partial charge in [0.05, 0.1) is 18.7 Å². The van der Waals surface area contributed by atoms with Crippen LogP contribution in [-0.2, 0) is 10.3 Å². The largest absolute Gasteiger partial charge is 0.314 e. The molecule has 0 spiro atoms. The molecule has 5 rings (SSSR count). The lowest BCUT2D eigenvalue weighted by Crippen LogP contribution is -2.60. The molecule has 37 heavy (non-hydrogen) atoms. The maximum Gasteiger partial charge on any atom is 0.196 e. The number of nitrogens with one attached hydrogen (secondary N) is 1. The summed E-state index contributed by atoms with van der Waals surface area (Å²) in [5.74, 6) is -0.0685. The van der Waals surface area contributed by atoms with Crippen LogP contribution in [0, 0.1) is 11.3 Å². The molecule has 190 valence electrons. The fourth-order valence-electron chi connectivity index (χ4n) is 5.68. The van der Waals surface area contributed by atoms with Crippen molar-refractivity contribution in [2.24, 2.45) is 0 Å². The van der Waals surface area contributed by atoms with Gasteiger partial charge in [0.25, 0.3) is 0 Å². The summed E-state index contributed by atoms with van der Waals surface area (Å²) in [7, 11) is 0. The van der Waals surface area contributed by atoms with Crippen molar-refractivity contribution in [1.82, 2.24) is 25.0 Å². The third-order valence-electron chi connectivity index (χ3n) is 7.61. The summed E-state index contributed by atoms with van der Waals surface area (Å²) in [5, 5.41) is 13.8. The highest BCUT2D eigenvalue weighted by atomic mass is 16.1. The Bertz CT molecular complexity index is 1150. The zero-order valence-corrected chi connectivity index (χ0v) is 21.2. The second-order valence-electron chi connectivity index (χ2n) is 9.76. The van der Waals surface area contributed by atoms with Gasteiger partial charge in [0.1, 0.15) is 0 Å². The molecule has 0 radical (unpaired) electrons. The zero-order chi connectivity index (χ0) is 25.5. The van der Waals surface area contributed by atoms with Crippen molar-refractivity contribution in [3.05, 3.63) is 102 Å². The summed E-state index contributed by atoms with van der Waals surface area (Å²) in [4.78, 5) is 24.9. The first kappa shape index (κ1) is 25.2. The molecular formula is C30H34N6O. The van der Waals surface area contributed by atoms with Gasteiger partial charge in [0.2, 0.25) is 0 Å². The molecule has 2 saturated heterocycles. The van der Waals surface area contributed by atoms with Crippen LogP contribution in [0.5, 0.6) is 0 Å². The Morgan fingerprint density at radius 3 is 2.05 bits per heavy atom. The number of piperazine rings is 2. The van der Waals surface area contributed by atoms with E-state index >= 15 is 0 Å². The summed E-state index contributed by atoms with van der Waals surface area (Å²) in [6, 6.07) is 27.5. The smallest absolute Gasteiger partial charge is 0.196 e. The third kappa shape index (κ3) is 5.34. The van der Waals surface area contributed by atoms with Crippen LogP contribution >= 0.6 is 0 Å². The number of benzene rings is 2. The first-order valence-electron chi connectivity index (χ1n) is 13.1. The molecule has 7 heteroatoms. The van der Waals surface area contributed by atoms with Gasteiger partial charge in [-0.15, -0.1) is 0 Å². The van der Waals surface area contributed by atoms with Crippen LogP contribution in [0.2, 0.25) is 0 Å². The van der Waals surface area contributed by atoms with Gasteiger partial charge in [0.15, 0.2) is 11.3 Å². The molecule has 2 aromatic carbocycles. The topological polar surface area (TPSA) is 75.5 Å². The number of pyridine rings is 1. The maximum absolute atomic E-state index is 14.0. The number of nitrogens with zero attached hydrogens (tertiary/aromatic N) is 5. The molecule has 2 aliphatic rings. The lowest BCUT2D eigenvalue weighted by atomic mass is 9.85. The summed E-state index contributed by atoms with van der Waals surface area (Å²) < 4.78 is 0. The van der Waals surface area contributed by atoms with E-state index in [0.717, 1.165) is 39.3 Å². The number of Topliss-reactive ketones (excluding diaryl/α,β-unsaturated/α-hetero) is 1. The lowest BCUT2D eigenvalue weighted by Gasteiger charge is -2.43. The first-order chi connectivity index (χ1) is 18.2. The van der Waals surface area contributed by atoms with Crippen molar-refractivity contribution in [3.63, 3.8) is 0 Å². The van der Waals surface area contributed by atoms with Crippen LogP contribution in [0.25, 0.3) is 0 Å². The normalized spacial score (nSPS) is 19.2. The maximum atomic E-state index is 14.0. The van der Waals surface area contributed by atoms with E-state index in [0.29, 0.717) is 18.7 Å². The van der Waals surface area contributed by atoms with E-state index in [1.54, 1.807) is 12.4 Å². The van der Waals surface area contributed by atoms with Gasteiger partial charge in [0, 0.05) is 70.3 Å². The minimum absolute atomic E-state index is 0.0685. The number of carbonyl (C=O) groups is 1. The molecule has 0 bridgehead atoms. The molecular weight excluding hydrogens is 460 g/mol. The second kappa shape index (κ2) is 11.8. The monoisotopic (exact) mass is 494 g/mol. The van der Waals surface area contributed by atoms with Gasteiger partial charge in [-0.2, -0.15) is 5.26 Å². The SMILES string of the molecule is N#CC(C(=O)CN1CCN(C(c2ccccc2)c2ccccc2)CC1)(c1cccnc1)N1CCNCC1. The van der Waals surface area contributed by atoms with E-state index in [1.165, 1.54) is 11.1 Å². The molecule has 7 nitrogen and oxygen atoms in total. The molecule has 1 unspecified atom stereocenters. The number of aromatic nitrogens is 1. The van der Waals surface area contributed by atoms with Crippen molar-refractivity contribution in [3.8, 4) is 6.07 Å². The standard InChI is InChI=1S/C30H34N6O/c31-24-30(27-12-7-13-33-22-27,36-16-14-32-15-17-36)28(37)23-34-18-20-35(21-19-34)29(25-8-3-1-4-9-25)26-10-5-2-6-11-26/h1-13,22,29,32H,14-21,23H2. The van der Waals surface area contributed by atoms with Gasteiger partial charge in [-0.05, 0) is 17.2 Å². The molecule has 0 aliphatic carbocycles. The number of nitriles is 1. The molecule has 0 amide bonds. The summed E-state index contributed by atoms with van der Waals surface area (Å²) >= 11 is 0. The second-order valence-corrected chi connectivity index (χ2v) is 9.76. The Balaban J connectivity index is 1.32. The van der Waals surface area contributed by atoms with Gasteiger partial charge in [-0.1, -0.05) is 66.7 Å². The van der Waals surface area contributed by atoms with E-state index in [1.807, 2.05) is 17.0 Å². The highest BCUT2D eigenvalue weighted by molar-refractivity contribution is 5.94. The Morgan fingerprint density at radius 1 is 0.892 bits per heavy atom. The minimum Gasteiger partial charge on any atom is -0.314 e. The van der Waals surface area contributed by atoms with E-state index in [4.69, 9.17) is 0 Å². The van der Waals surface area contributed by atoms with Gasteiger partial charge >= 0.3 is 0 Å². The van der Waals surface area contributed by atoms with E-state index in [2.05, 4.69) is 86.8 Å². The van der Waals surface area contributed by atoms with E-state index in [9.17, 15) is 10.1 Å². The van der Waals surface area contributed by atoms with Crippen molar-refractivity contribution in [2.75, 3.05) is 58.9 Å². The fraction of sp³-hybridized carbons (Fsp3) is 0.367. The number of hydrogen-bond donors (Lipinski definition) is 1. The van der Waals surface area contributed by atoms with Crippen LogP contribution in [0.4, 0.5) is 0 Å². The molecule has 1 N–H and O–H groups in total. The summed E-state index contributed by atoms with van der Waals surface area (Å²) in [5.41, 5.74) is 1.90. The summed E-state index contributed by atoms with van der Waals surface area (Å²) in [6.45, 7) is 6.32. The van der Waals surface area contributed by atoms with Crippen molar-refractivity contribution < 1.29 is 4.79 Å². The summed E-state index contributed by atoms with van der Waals surface area (Å²) in [6.07, 6.45) is 3.36. The van der Waals surface area contributed by atoms with Crippen molar-refractivity contribution in [2.45, 2.75) is 11.6 Å². The lowest BCUT2D eigenvalue weighted by molar-refractivity contribution is -0.130. The average molecular weight is 495 g/mol. The molecule has 2 fully saturated rings. The Kier molecular flexibility index (Phi) is 8.02.